The maximum Gasteiger partial charge on any atom is 0.154 e. The topological polar surface area (TPSA) is 69.3 Å². The summed E-state index contributed by atoms with van der Waals surface area (Å²) < 4.78 is 9.26. The smallest absolute Gasteiger partial charge is 0.154 e. The van der Waals surface area contributed by atoms with Crippen molar-refractivity contribution >= 4 is 22.4 Å². The van der Waals surface area contributed by atoms with Crippen LogP contribution in [-0.4, -0.2) is 43.6 Å². The minimum Gasteiger partial charge on any atom is -0.381 e. The Morgan fingerprint density at radius 1 is 1.11 bits per heavy atom. The molecule has 0 bridgehead atoms. The Kier molecular flexibility index (Phi) is 3.82. The van der Waals surface area contributed by atoms with Crippen LogP contribution in [-0.2, 0) is 11.8 Å². The predicted octanol–water partition coefficient (Wildman–Crippen LogP) is 3.18. The lowest BCUT2D eigenvalue weighted by atomic mass is 10.1. The van der Waals surface area contributed by atoms with Gasteiger partial charge in [0.25, 0.3) is 0 Å². The molecule has 3 aromatic heterocycles. The molecule has 1 aliphatic heterocycles. The van der Waals surface area contributed by atoms with Crippen molar-refractivity contribution in [3.8, 4) is 11.3 Å². The first-order chi connectivity index (χ1) is 13.2. The van der Waals surface area contributed by atoms with Crippen molar-refractivity contribution < 1.29 is 4.74 Å². The van der Waals surface area contributed by atoms with Gasteiger partial charge in [0.15, 0.2) is 5.65 Å². The number of benzene rings is 1. The van der Waals surface area contributed by atoms with Crippen LogP contribution in [0.15, 0.2) is 36.5 Å². The number of hydrogen-bond donors (Lipinski definition) is 1. The van der Waals surface area contributed by atoms with E-state index in [1.165, 1.54) is 5.39 Å². The summed E-state index contributed by atoms with van der Waals surface area (Å²) in [5.41, 5.74) is 5.04. The third-order valence-electron chi connectivity index (χ3n) is 5.27. The van der Waals surface area contributed by atoms with Gasteiger partial charge in [-0.3, -0.25) is 4.68 Å². The van der Waals surface area contributed by atoms with Crippen LogP contribution in [0.4, 0.5) is 5.82 Å². The zero-order valence-electron chi connectivity index (χ0n) is 15.5. The van der Waals surface area contributed by atoms with Crippen molar-refractivity contribution in [1.82, 2.24) is 24.4 Å². The zero-order valence-corrected chi connectivity index (χ0v) is 15.5. The Hall–Kier alpha value is -2.93. The average Bonchev–Trinajstić information content (AvgIpc) is 3.23. The summed E-state index contributed by atoms with van der Waals surface area (Å²) in [6.07, 6.45) is 3.89. The lowest BCUT2D eigenvalue weighted by Crippen LogP contribution is -2.28. The number of fused-ring (bicyclic) bond motifs is 2. The predicted molar refractivity (Wildman–Crippen MR) is 105 cm³/mol. The van der Waals surface area contributed by atoms with Gasteiger partial charge in [0.1, 0.15) is 5.82 Å². The fourth-order valence-electron chi connectivity index (χ4n) is 3.80. The van der Waals surface area contributed by atoms with E-state index in [2.05, 4.69) is 33.6 Å². The van der Waals surface area contributed by atoms with Crippen molar-refractivity contribution in [1.29, 1.82) is 0 Å². The fourth-order valence-corrected chi connectivity index (χ4v) is 3.80. The van der Waals surface area contributed by atoms with Gasteiger partial charge in [-0.2, -0.15) is 5.10 Å². The van der Waals surface area contributed by atoms with E-state index in [9.17, 15) is 0 Å². The normalized spacial score (nSPS) is 15.6. The molecule has 138 valence electrons. The van der Waals surface area contributed by atoms with Gasteiger partial charge in [-0.05, 0) is 38.0 Å². The highest BCUT2D eigenvalue weighted by molar-refractivity contribution is 5.86. The van der Waals surface area contributed by atoms with E-state index in [0.29, 0.717) is 6.04 Å². The molecule has 1 aromatic carbocycles. The second-order valence-corrected chi connectivity index (χ2v) is 7.10. The summed E-state index contributed by atoms with van der Waals surface area (Å²) in [5, 5.41) is 14.0. The highest BCUT2D eigenvalue weighted by Crippen LogP contribution is 2.26. The summed E-state index contributed by atoms with van der Waals surface area (Å²) in [4.78, 5) is 4.52. The molecule has 5 rings (SSSR count). The highest BCUT2D eigenvalue weighted by atomic mass is 16.5. The molecule has 7 heteroatoms. The largest absolute Gasteiger partial charge is 0.381 e. The zero-order chi connectivity index (χ0) is 18.4. The van der Waals surface area contributed by atoms with Gasteiger partial charge in [-0.15, -0.1) is 5.10 Å². The molecule has 4 aromatic rings. The minimum atomic E-state index is 0.407. The van der Waals surface area contributed by atoms with Gasteiger partial charge >= 0.3 is 0 Å². The summed E-state index contributed by atoms with van der Waals surface area (Å²) in [6.45, 7) is 3.65. The van der Waals surface area contributed by atoms with E-state index in [1.807, 2.05) is 41.5 Å². The lowest BCUT2D eigenvalue weighted by molar-refractivity contribution is 0.0903. The number of ether oxygens (including phenoxy) is 1. The van der Waals surface area contributed by atoms with Crippen LogP contribution in [0.5, 0.6) is 0 Å². The van der Waals surface area contributed by atoms with Gasteiger partial charge < -0.3 is 10.1 Å². The quantitative estimate of drug-likeness (QED) is 0.606. The second kappa shape index (κ2) is 6.35. The van der Waals surface area contributed by atoms with Crippen LogP contribution < -0.4 is 5.32 Å². The molecule has 1 fully saturated rings. The lowest BCUT2D eigenvalue weighted by Gasteiger charge is -2.23. The first-order valence-corrected chi connectivity index (χ1v) is 9.32. The molecule has 0 aliphatic carbocycles. The van der Waals surface area contributed by atoms with E-state index < -0.39 is 0 Å². The summed E-state index contributed by atoms with van der Waals surface area (Å²) in [7, 11) is 1.97. The van der Waals surface area contributed by atoms with E-state index in [4.69, 9.17) is 9.84 Å². The van der Waals surface area contributed by atoms with Gasteiger partial charge in [0.2, 0.25) is 0 Å². The molecule has 0 amide bonds. The molecular formula is C20H22N6O. The summed E-state index contributed by atoms with van der Waals surface area (Å²) >= 11 is 0. The molecule has 1 aliphatic rings. The standard InChI is InChI=1S/C20H22N6O/c1-13-16-4-3-14(11-17(16)25(2)23-13)18-12-21-20-6-5-19(24-26(18)20)22-15-7-9-27-10-8-15/h3-6,11-12,15H,7-10H2,1-2H3,(H,22,24). The Bertz CT molecular complexity index is 1120. The monoisotopic (exact) mass is 362 g/mol. The minimum absolute atomic E-state index is 0.407. The number of hydrogen-bond acceptors (Lipinski definition) is 5. The molecule has 0 spiro atoms. The van der Waals surface area contributed by atoms with E-state index >= 15 is 0 Å². The van der Waals surface area contributed by atoms with Crippen molar-refractivity contribution in [2.24, 2.45) is 7.05 Å². The molecule has 0 unspecified atom stereocenters. The van der Waals surface area contributed by atoms with Crippen LogP contribution >= 0.6 is 0 Å². The van der Waals surface area contributed by atoms with Crippen molar-refractivity contribution in [3.05, 3.63) is 42.2 Å². The van der Waals surface area contributed by atoms with Crippen LogP contribution in [0.1, 0.15) is 18.5 Å². The number of nitrogens with zero attached hydrogens (tertiary/aromatic N) is 5. The Morgan fingerprint density at radius 2 is 1.96 bits per heavy atom. The first-order valence-electron chi connectivity index (χ1n) is 9.32. The molecular weight excluding hydrogens is 340 g/mol. The van der Waals surface area contributed by atoms with E-state index in [1.54, 1.807) is 0 Å². The van der Waals surface area contributed by atoms with E-state index in [-0.39, 0.29) is 0 Å². The Balaban J connectivity index is 1.54. The molecule has 27 heavy (non-hydrogen) atoms. The number of rotatable bonds is 3. The number of aryl methyl sites for hydroxylation is 2. The maximum atomic E-state index is 5.44. The molecule has 1 saturated heterocycles. The van der Waals surface area contributed by atoms with E-state index in [0.717, 1.165) is 60.0 Å². The second-order valence-electron chi connectivity index (χ2n) is 7.10. The Morgan fingerprint density at radius 3 is 2.81 bits per heavy atom. The molecule has 7 nitrogen and oxygen atoms in total. The third kappa shape index (κ3) is 2.84. The number of anilines is 1. The SMILES string of the molecule is Cc1nn(C)c2cc(-c3cnc4ccc(NC5CCOCC5)nn34)ccc12. The highest BCUT2D eigenvalue weighted by Gasteiger charge is 2.15. The number of nitrogens with one attached hydrogen (secondary N) is 1. The molecule has 0 saturated carbocycles. The van der Waals surface area contributed by atoms with Crippen LogP contribution in [0, 0.1) is 6.92 Å². The average molecular weight is 362 g/mol. The van der Waals surface area contributed by atoms with Crippen LogP contribution in [0.3, 0.4) is 0 Å². The number of aromatic nitrogens is 5. The summed E-state index contributed by atoms with van der Waals surface area (Å²) in [6, 6.07) is 10.8. The van der Waals surface area contributed by atoms with Crippen LogP contribution in [0.25, 0.3) is 27.8 Å². The maximum absolute atomic E-state index is 5.44. The van der Waals surface area contributed by atoms with Crippen molar-refractivity contribution in [3.63, 3.8) is 0 Å². The Labute approximate surface area is 157 Å². The van der Waals surface area contributed by atoms with Gasteiger partial charge in [-0.1, -0.05) is 12.1 Å². The molecule has 1 N–H and O–H groups in total. The fraction of sp³-hybridized carbons (Fsp3) is 0.350. The number of imidazole rings is 1. The van der Waals surface area contributed by atoms with Crippen molar-refractivity contribution in [2.45, 2.75) is 25.8 Å². The van der Waals surface area contributed by atoms with Gasteiger partial charge in [-0.25, -0.2) is 9.50 Å². The third-order valence-corrected chi connectivity index (χ3v) is 5.27. The van der Waals surface area contributed by atoms with Gasteiger partial charge in [0.05, 0.1) is 23.1 Å². The molecule has 0 atom stereocenters. The van der Waals surface area contributed by atoms with Crippen molar-refractivity contribution in [2.75, 3.05) is 18.5 Å². The first kappa shape index (κ1) is 16.3. The summed E-state index contributed by atoms with van der Waals surface area (Å²) in [5.74, 6) is 0.867. The van der Waals surface area contributed by atoms with Gasteiger partial charge in [0, 0.05) is 37.3 Å². The molecule has 4 heterocycles. The molecule has 0 radical (unpaired) electrons. The van der Waals surface area contributed by atoms with Crippen LogP contribution in [0.2, 0.25) is 0 Å².